The van der Waals surface area contributed by atoms with Gasteiger partial charge in [-0.25, -0.2) is 0 Å². The van der Waals surface area contributed by atoms with Gasteiger partial charge in [-0.2, -0.15) is 0 Å². The van der Waals surface area contributed by atoms with Crippen LogP contribution in [0.1, 0.15) is 22.7 Å². The van der Waals surface area contributed by atoms with Crippen LogP contribution in [0, 0.1) is 6.92 Å². The lowest BCUT2D eigenvalue weighted by atomic mass is 9.94. The van der Waals surface area contributed by atoms with Crippen LogP contribution >= 0.6 is 0 Å². The van der Waals surface area contributed by atoms with Crippen LogP contribution in [0.3, 0.4) is 0 Å². The lowest BCUT2D eigenvalue weighted by Crippen LogP contribution is -2.29. The van der Waals surface area contributed by atoms with Crippen molar-refractivity contribution in [1.82, 2.24) is 0 Å². The first-order valence-corrected chi connectivity index (χ1v) is 10.1. The number of anilines is 1. The summed E-state index contributed by atoms with van der Waals surface area (Å²) in [5.74, 6) is -1.17. The molecule has 0 aromatic heterocycles. The third kappa shape index (κ3) is 3.50. The average molecular weight is 429 g/mol. The fourth-order valence-corrected chi connectivity index (χ4v) is 3.97. The van der Waals surface area contributed by atoms with Gasteiger partial charge in [0, 0.05) is 5.69 Å². The van der Waals surface area contributed by atoms with E-state index in [0.29, 0.717) is 22.7 Å². The van der Waals surface area contributed by atoms with E-state index in [-0.39, 0.29) is 16.9 Å². The van der Waals surface area contributed by atoms with Crippen molar-refractivity contribution >= 4 is 23.1 Å². The van der Waals surface area contributed by atoms with Crippen LogP contribution < -0.4 is 14.4 Å². The van der Waals surface area contributed by atoms with Crippen molar-refractivity contribution in [3.8, 4) is 11.5 Å². The second-order valence-electron chi connectivity index (χ2n) is 7.45. The van der Waals surface area contributed by atoms with Gasteiger partial charge in [0.05, 0.1) is 25.8 Å². The van der Waals surface area contributed by atoms with E-state index in [1.54, 1.807) is 30.3 Å². The van der Waals surface area contributed by atoms with Gasteiger partial charge in [-0.05, 0) is 36.8 Å². The smallest absolute Gasteiger partial charge is 0.300 e. The molecule has 4 rings (SSSR count). The Morgan fingerprint density at radius 3 is 2.00 bits per heavy atom. The van der Waals surface area contributed by atoms with Gasteiger partial charge in [-0.3, -0.25) is 14.5 Å². The minimum Gasteiger partial charge on any atom is -0.506 e. The number of hydrogen-bond donors (Lipinski definition) is 1. The summed E-state index contributed by atoms with van der Waals surface area (Å²) in [6.07, 6.45) is 0. The zero-order valence-corrected chi connectivity index (χ0v) is 18.0. The predicted octanol–water partition coefficient (Wildman–Crippen LogP) is 4.64. The van der Waals surface area contributed by atoms with Gasteiger partial charge in [0.25, 0.3) is 11.7 Å². The maximum Gasteiger partial charge on any atom is 0.300 e. The molecule has 1 aliphatic rings. The Labute approximate surface area is 186 Å². The molecule has 162 valence electrons. The molecule has 1 aliphatic heterocycles. The van der Waals surface area contributed by atoms with Gasteiger partial charge in [0.15, 0.2) is 0 Å². The zero-order valence-electron chi connectivity index (χ0n) is 18.0. The number of rotatable bonds is 5. The van der Waals surface area contributed by atoms with Crippen molar-refractivity contribution in [2.24, 2.45) is 0 Å². The molecule has 1 fully saturated rings. The Hall–Kier alpha value is -4.06. The molecule has 1 unspecified atom stereocenters. The molecule has 1 amide bonds. The van der Waals surface area contributed by atoms with E-state index in [1.807, 2.05) is 49.4 Å². The van der Waals surface area contributed by atoms with Crippen molar-refractivity contribution in [1.29, 1.82) is 0 Å². The Kier molecular flexibility index (Phi) is 5.69. The molecule has 3 aromatic carbocycles. The molecule has 0 aliphatic carbocycles. The fourth-order valence-electron chi connectivity index (χ4n) is 3.97. The number of carbonyl (C=O) groups excluding carboxylic acids is 2. The van der Waals surface area contributed by atoms with Crippen LogP contribution in [0.2, 0.25) is 0 Å². The summed E-state index contributed by atoms with van der Waals surface area (Å²) < 4.78 is 10.8. The molecule has 1 N–H and O–H groups in total. The largest absolute Gasteiger partial charge is 0.506 e. The van der Waals surface area contributed by atoms with Crippen LogP contribution in [-0.2, 0) is 9.59 Å². The van der Waals surface area contributed by atoms with E-state index in [2.05, 4.69) is 0 Å². The highest BCUT2D eigenvalue weighted by molar-refractivity contribution is 6.51. The number of carbonyl (C=O) groups is 2. The van der Waals surface area contributed by atoms with Crippen molar-refractivity contribution in [3.63, 3.8) is 0 Å². The molecule has 1 atom stereocenters. The Balaban J connectivity index is 2.00. The standard InChI is InChI=1S/C26H23NO5/c1-16-12-14-18(15-13-16)27-23(17-8-5-4-6-9-17)22(25(29)26(27)30)24(28)21-19(31-2)10-7-11-20(21)32-3/h4-15,23,28H,1-3H3/b24-22+. The highest BCUT2D eigenvalue weighted by Gasteiger charge is 2.47. The van der Waals surface area contributed by atoms with Crippen LogP contribution in [0.5, 0.6) is 11.5 Å². The number of ether oxygens (including phenoxy) is 2. The average Bonchev–Trinajstić information content (AvgIpc) is 3.09. The molecule has 3 aromatic rings. The minimum absolute atomic E-state index is 0.0235. The topological polar surface area (TPSA) is 76.1 Å². The van der Waals surface area contributed by atoms with E-state index in [0.717, 1.165) is 5.56 Å². The van der Waals surface area contributed by atoms with Gasteiger partial charge < -0.3 is 14.6 Å². The number of Topliss-reactive ketones (excluding diaryl/α,β-unsaturated/α-hetero) is 1. The molecule has 0 bridgehead atoms. The van der Waals surface area contributed by atoms with Gasteiger partial charge in [-0.1, -0.05) is 54.1 Å². The molecule has 32 heavy (non-hydrogen) atoms. The number of aryl methyl sites for hydroxylation is 1. The number of aliphatic hydroxyl groups excluding tert-OH is 1. The number of nitrogens with zero attached hydrogens (tertiary/aromatic N) is 1. The molecule has 1 saturated heterocycles. The molecule has 6 heteroatoms. The first kappa shape index (κ1) is 21.2. The Bertz CT molecular complexity index is 1180. The maximum absolute atomic E-state index is 13.3. The summed E-state index contributed by atoms with van der Waals surface area (Å²) in [4.78, 5) is 27.9. The van der Waals surface area contributed by atoms with E-state index in [1.165, 1.54) is 19.1 Å². The van der Waals surface area contributed by atoms with Crippen molar-refractivity contribution < 1.29 is 24.2 Å². The summed E-state index contributed by atoms with van der Waals surface area (Å²) >= 11 is 0. The van der Waals surface area contributed by atoms with Gasteiger partial charge in [0.2, 0.25) is 0 Å². The summed E-state index contributed by atoms with van der Waals surface area (Å²) in [5.41, 5.74) is 2.49. The lowest BCUT2D eigenvalue weighted by molar-refractivity contribution is -0.132. The maximum atomic E-state index is 13.3. The molecule has 0 spiro atoms. The SMILES string of the molecule is COc1cccc(OC)c1/C(O)=C1\C(=O)C(=O)N(c2ccc(C)cc2)C1c1ccccc1. The van der Waals surface area contributed by atoms with E-state index in [9.17, 15) is 14.7 Å². The van der Waals surface area contributed by atoms with E-state index >= 15 is 0 Å². The monoisotopic (exact) mass is 429 g/mol. The predicted molar refractivity (Wildman–Crippen MR) is 122 cm³/mol. The van der Waals surface area contributed by atoms with Crippen molar-refractivity contribution in [3.05, 3.63) is 95.1 Å². The number of benzene rings is 3. The molecular weight excluding hydrogens is 406 g/mol. The first-order chi connectivity index (χ1) is 15.5. The summed E-state index contributed by atoms with van der Waals surface area (Å²) in [7, 11) is 2.93. The van der Waals surface area contributed by atoms with E-state index in [4.69, 9.17) is 9.47 Å². The van der Waals surface area contributed by atoms with Crippen LogP contribution in [0.25, 0.3) is 5.76 Å². The number of hydrogen-bond acceptors (Lipinski definition) is 5. The number of aliphatic hydroxyl groups is 1. The molecule has 0 radical (unpaired) electrons. The fraction of sp³-hybridized carbons (Fsp3) is 0.154. The minimum atomic E-state index is -0.812. The van der Waals surface area contributed by atoms with Crippen LogP contribution in [0.15, 0.2) is 78.4 Å². The molecule has 1 heterocycles. The van der Waals surface area contributed by atoms with Gasteiger partial charge >= 0.3 is 0 Å². The quantitative estimate of drug-likeness (QED) is 0.363. The summed E-state index contributed by atoms with van der Waals surface area (Å²) in [5, 5.41) is 11.4. The van der Waals surface area contributed by atoms with Gasteiger partial charge in [-0.15, -0.1) is 0 Å². The highest BCUT2D eigenvalue weighted by atomic mass is 16.5. The zero-order chi connectivity index (χ0) is 22.8. The van der Waals surface area contributed by atoms with Crippen LogP contribution in [-0.4, -0.2) is 31.0 Å². The summed E-state index contributed by atoms with van der Waals surface area (Å²) in [6.45, 7) is 1.94. The van der Waals surface area contributed by atoms with E-state index < -0.39 is 17.7 Å². The molecule has 6 nitrogen and oxygen atoms in total. The lowest BCUT2D eigenvalue weighted by Gasteiger charge is -2.25. The summed E-state index contributed by atoms with van der Waals surface area (Å²) in [6, 6.07) is 20.7. The Morgan fingerprint density at radius 2 is 1.44 bits per heavy atom. The normalized spacial score (nSPS) is 17.5. The third-order valence-corrected chi connectivity index (χ3v) is 5.54. The third-order valence-electron chi connectivity index (χ3n) is 5.54. The Morgan fingerprint density at radius 1 is 0.844 bits per heavy atom. The van der Waals surface area contributed by atoms with Crippen molar-refractivity contribution in [2.45, 2.75) is 13.0 Å². The van der Waals surface area contributed by atoms with Crippen molar-refractivity contribution in [2.75, 3.05) is 19.1 Å². The second-order valence-corrected chi connectivity index (χ2v) is 7.45. The second kappa shape index (κ2) is 8.59. The van der Waals surface area contributed by atoms with Crippen LogP contribution in [0.4, 0.5) is 5.69 Å². The van der Waals surface area contributed by atoms with Gasteiger partial charge in [0.1, 0.15) is 22.8 Å². The first-order valence-electron chi connectivity index (χ1n) is 10.1. The number of amides is 1. The number of ketones is 1. The molecule has 0 saturated carbocycles. The molecular formula is C26H23NO5. The highest BCUT2D eigenvalue weighted by Crippen LogP contribution is 2.45. The number of methoxy groups -OCH3 is 2.